The topological polar surface area (TPSA) is 57.4 Å². The molecule has 0 bridgehead atoms. The molecule has 3 aromatic rings. The molecule has 0 spiro atoms. The van der Waals surface area contributed by atoms with Crippen molar-refractivity contribution in [2.24, 2.45) is 0 Å². The molecule has 2 aliphatic heterocycles. The summed E-state index contributed by atoms with van der Waals surface area (Å²) in [7, 11) is 0. The molecule has 1 fully saturated rings. The Morgan fingerprint density at radius 1 is 1.17 bits per heavy atom. The number of anilines is 1. The number of halogens is 1. The molecule has 1 aromatic carbocycles. The lowest BCUT2D eigenvalue weighted by molar-refractivity contribution is 0.0846. The van der Waals surface area contributed by atoms with Crippen molar-refractivity contribution >= 4 is 29.4 Å². The van der Waals surface area contributed by atoms with Gasteiger partial charge in [-0.1, -0.05) is 29.4 Å². The monoisotopic (exact) mass is 431 g/mol. The minimum Gasteiger partial charge on any atom is -0.384 e. The number of benzene rings is 1. The highest BCUT2D eigenvalue weighted by Crippen LogP contribution is 2.29. The van der Waals surface area contributed by atoms with Gasteiger partial charge in [-0.25, -0.2) is 0 Å². The third-order valence-electron chi connectivity index (χ3n) is 5.82. The van der Waals surface area contributed by atoms with Crippen LogP contribution in [-0.4, -0.2) is 52.7 Å². The molecule has 8 heteroatoms. The maximum Gasteiger partial charge on any atom is 0.244 e. The van der Waals surface area contributed by atoms with Crippen LogP contribution >= 0.6 is 23.7 Å². The number of hydrogen-bond acceptors (Lipinski definition) is 7. The summed E-state index contributed by atoms with van der Waals surface area (Å²) < 4.78 is 5.56. The summed E-state index contributed by atoms with van der Waals surface area (Å²) >= 11 is 1.64. The van der Waals surface area contributed by atoms with Crippen LogP contribution in [0.4, 0.5) is 5.69 Å². The Morgan fingerprint density at radius 3 is 2.83 bits per heavy atom. The van der Waals surface area contributed by atoms with Crippen LogP contribution in [-0.2, 0) is 13.0 Å². The molecule has 0 aliphatic carbocycles. The van der Waals surface area contributed by atoms with Crippen molar-refractivity contribution in [2.45, 2.75) is 25.9 Å². The number of fused-ring (bicyclic) bond motifs is 1. The highest BCUT2D eigenvalue weighted by Gasteiger charge is 2.26. The van der Waals surface area contributed by atoms with Crippen LogP contribution in [0.1, 0.15) is 30.0 Å². The Kier molecular flexibility index (Phi) is 6.20. The van der Waals surface area contributed by atoms with E-state index in [0.29, 0.717) is 11.7 Å². The first-order valence-corrected chi connectivity index (χ1v) is 10.8. The molecule has 154 valence electrons. The second-order valence-electron chi connectivity index (χ2n) is 7.55. The van der Waals surface area contributed by atoms with Gasteiger partial charge in [0.2, 0.25) is 11.7 Å². The predicted molar refractivity (Wildman–Crippen MR) is 119 cm³/mol. The maximum absolute atomic E-state index is 5.56. The normalized spacial score (nSPS) is 18.1. The molecule has 2 aromatic heterocycles. The van der Waals surface area contributed by atoms with E-state index in [-0.39, 0.29) is 18.4 Å². The summed E-state index contributed by atoms with van der Waals surface area (Å²) in [6.45, 7) is 8.38. The van der Waals surface area contributed by atoms with Crippen LogP contribution in [0.15, 0.2) is 40.2 Å². The summed E-state index contributed by atoms with van der Waals surface area (Å²) in [5, 5.41) is 9.75. The van der Waals surface area contributed by atoms with Crippen molar-refractivity contribution in [1.82, 2.24) is 19.9 Å². The van der Waals surface area contributed by atoms with Crippen LogP contribution in [0.3, 0.4) is 0 Å². The molecule has 1 saturated heterocycles. The number of piperazine rings is 1. The molecule has 2 aliphatic rings. The number of nitrogens with one attached hydrogen (secondary N) is 1. The van der Waals surface area contributed by atoms with Crippen molar-refractivity contribution < 1.29 is 4.52 Å². The van der Waals surface area contributed by atoms with E-state index < -0.39 is 0 Å². The zero-order valence-electron chi connectivity index (χ0n) is 16.5. The van der Waals surface area contributed by atoms with Gasteiger partial charge in [0.1, 0.15) is 0 Å². The van der Waals surface area contributed by atoms with E-state index in [1.165, 1.54) is 16.8 Å². The third-order valence-corrected chi connectivity index (χ3v) is 6.69. The molecule has 0 radical (unpaired) electrons. The zero-order valence-corrected chi connectivity index (χ0v) is 18.1. The fourth-order valence-electron chi connectivity index (χ4n) is 4.16. The molecular weight excluding hydrogens is 406 g/mol. The average Bonchev–Trinajstić information content (AvgIpc) is 3.49. The van der Waals surface area contributed by atoms with E-state index in [4.69, 9.17) is 4.52 Å². The molecule has 1 unspecified atom stereocenters. The van der Waals surface area contributed by atoms with Gasteiger partial charge in [-0.15, -0.1) is 23.7 Å². The highest BCUT2D eigenvalue weighted by atomic mass is 35.5. The quantitative estimate of drug-likeness (QED) is 0.657. The highest BCUT2D eigenvalue weighted by molar-refractivity contribution is 7.13. The number of rotatable bonds is 5. The van der Waals surface area contributed by atoms with Crippen molar-refractivity contribution in [3.8, 4) is 10.7 Å². The van der Waals surface area contributed by atoms with E-state index in [0.717, 1.165) is 50.6 Å². The number of aromatic nitrogens is 2. The Bertz CT molecular complexity index is 936. The number of hydrogen-bond donors (Lipinski definition) is 1. The first-order valence-electron chi connectivity index (χ1n) is 9.96. The lowest BCUT2D eigenvalue weighted by Gasteiger charge is -2.37. The first-order chi connectivity index (χ1) is 13.8. The summed E-state index contributed by atoms with van der Waals surface area (Å²) in [6, 6.07) is 10.9. The number of para-hydroxylation sites is 1. The standard InChI is InChI=1S/C21H25N5OS.ClH/c1-15(21-23-20(24-27-21)18-6-3-13-28-18)26-11-9-25(10-12-26)14-17-5-2-4-16-7-8-22-19(16)17;/h2-6,13,15,22H,7-12,14H2,1H3;1H. The Hall–Kier alpha value is -1.93. The Balaban J connectivity index is 0.00000205. The fraction of sp³-hybridized carbons (Fsp3) is 0.429. The van der Waals surface area contributed by atoms with Crippen molar-refractivity contribution in [3.63, 3.8) is 0 Å². The molecule has 0 amide bonds. The lowest BCUT2D eigenvalue weighted by Crippen LogP contribution is -2.46. The van der Waals surface area contributed by atoms with E-state index in [2.05, 4.69) is 50.4 Å². The van der Waals surface area contributed by atoms with Gasteiger partial charge in [0.05, 0.1) is 10.9 Å². The van der Waals surface area contributed by atoms with Crippen molar-refractivity contribution in [1.29, 1.82) is 0 Å². The smallest absolute Gasteiger partial charge is 0.244 e. The van der Waals surface area contributed by atoms with Gasteiger partial charge in [0.25, 0.3) is 0 Å². The molecule has 0 saturated carbocycles. The fourth-order valence-corrected chi connectivity index (χ4v) is 4.81. The van der Waals surface area contributed by atoms with E-state index in [1.54, 1.807) is 11.3 Å². The Labute approximate surface area is 181 Å². The summed E-state index contributed by atoms with van der Waals surface area (Å²) in [6.07, 6.45) is 1.14. The molecule has 6 nitrogen and oxygen atoms in total. The third kappa shape index (κ3) is 4.19. The minimum atomic E-state index is 0. The summed E-state index contributed by atoms with van der Waals surface area (Å²) in [5.41, 5.74) is 4.25. The first kappa shape index (κ1) is 20.3. The van der Waals surface area contributed by atoms with Gasteiger partial charge in [-0.2, -0.15) is 4.98 Å². The number of thiophene rings is 1. The molecular formula is C21H26ClN5OS. The summed E-state index contributed by atoms with van der Waals surface area (Å²) in [5.74, 6) is 1.41. The number of nitrogens with zero attached hydrogens (tertiary/aromatic N) is 4. The molecule has 4 heterocycles. The maximum atomic E-state index is 5.56. The van der Waals surface area contributed by atoms with Gasteiger partial charge in [0, 0.05) is 45.0 Å². The lowest BCUT2D eigenvalue weighted by atomic mass is 10.1. The van der Waals surface area contributed by atoms with Crippen LogP contribution in [0.2, 0.25) is 0 Å². The minimum absolute atomic E-state index is 0. The van der Waals surface area contributed by atoms with E-state index in [1.807, 2.05) is 17.5 Å². The van der Waals surface area contributed by atoms with Gasteiger partial charge in [0.15, 0.2) is 0 Å². The molecule has 29 heavy (non-hydrogen) atoms. The molecule has 1 N–H and O–H groups in total. The summed E-state index contributed by atoms with van der Waals surface area (Å²) in [4.78, 5) is 10.7. The molecule has 5 rings (SSSR count). The second-order valence-corrected chi connectivity index (χ2v) is 8.50. The SMILES string of the molecule is CC(c1nc(-c2cccs2)no1)N1CCN(Cc2cccc3c2NCC3)CC1.Cl. The Morgan fingerprint density at radius 2 is 2.03 bits per heavy atom. The predicted octanol–water partition coefficient (Wildman–Crippen LogP) is 4.07. The van der Waals surface area contributed by atoms with Gasteiger partial charge in [-0.05, 0) is 35.9 Å². The van der Waals surface area contributed by atoms with Gasteiger partial charge >= 0.3 is 0 Å². The van der Waals surface area contributed by atoms with Crippen LogP contribution in [0.25, 0.3) is 10.7 Å². The molecule has 1 atom stereocenters. The van der Waals surface area contributed by atoms with Gasteiger partial charge < -0.3 is 9.84 Å². The van der Waals surface area contributed by atoms with Crippen LogP contribution in [0.5, 0.6) is 0 Å². The van der Waals surface area contributed by atoms with Crippen molar-refractivity contribution in [2.75, 3.05) is 38.0 Å². The largest absolute Gasteiger partial charge is 0.384 e. The van der Waals surface area contributed by atoms with E-state index in [9.17, 15) is 0 Å². The average molecular weight is 432 g/mol. The van der Waals surface area contributed by atoms with Crippen molar-refractivity contribution in [3.05, 3.63) is 52.7 Å². The van der Waals surface area contributed by atoms with Crippen LogP contribution < -0.4 is 5.32 Å². The van der Waals surface area contributed by atoms with Crippen LogP contribution in [0, 0.1) is 0 Å². The zero-order chi connectivity index (χ0) is 18.9. The second kappa shape index (κ2) is 8.83. The van der Waals surface area contributed by atoms with Gasteiger partial charge in [-0.3, -0.25) is 9.80 Å². The van der Waals surface area contributed by atoms with E-state index >= 15 is 0 Å².